The maximum atomic E-state index is 10.1. The van der Waals surface area contributed by atoms with Crippen LogP contribution < -0.4 is 0 Å². The van der Waals surface area contributed by atoms with Gasteiger partial charge in [0.2, 0.25) is 0 Å². The van der Waals surface area contributed by atoms with Crippen molar-refractivity contribution in [2.45, 2.75) is 12.3 Å². The zero-order chi connectivity index (χ0) is 21.5. The van der Waals surface area contributed by atoms with Gasteiger partial charge in [-0.05, 0) is 155 Å². The van der Waals surface area contributed by atoms with Crippen LogP contribution in [-0.2, 0) is 6.42 Å². The first-order chi connectivity index (χ1) is 13.6. The van der Waals surface area contributed by atoms with Crippen LogP contribution in [0.3, 0.4) is 0 Å². The van der Waals surface area contributed by atoms with Gasteiger partial charge in [0.1, 0.15) is 17.2 Å². The molecule has 3 nitrogen and oxygen atoms in total. The largest absolute Gasteiger partial charge is 0.506 e. The number of halogens is 6. The summed E-state index contributed by atoms with van der Waals surface area (Å²) in [6.45, 7) is 0. The zero-order valence-corrected chi connectivity index (χ0v) is 23.9. The maximum absolute atomic E-state index is 10.1. The van der Waals surface area contributed by atoms with Crippen molar-refractivity contribution >= 4 is 95.6 Å². The summed E-state index contributed by atoms with van der Waals surface area (Å²) in [7, 11) is 0. The highest BCUT2D eigenvalue weighted by molar-refractivity contribution is 9.11. The van der Waals surface area contributed by atoms with E-state index in [1.807, 2.05) is 36.4 Å². The molecule has 0 heterocycles. The fourth-order valence-electron chi connectivity index (χ4n) is 2.97. The lowest BCUT2D eigenvalue weighted by molar-refractivity contribution is 0.466. The van der Waals surface area contributed by atoms with Crippen LogP contribution >= 0.6 is 95.6 Å². The van der Waals surface area contributed by atoms with Gasteiger partial charge in [-0.15, -0.1) is 0 Å². The van der Waals surface area contributed by atoms with E-state index in [9.17, 15) is 15.3 Å². The van der Waals surface area contributed by atoms with E-state index in [4.69, 9.17) is 0 Å². The molecular weight excluding hydrogens is 768 g/mol. The van der Waals surface area contributed by atoms with Gasteiger partial charge in [0.25, 0.3) is 0 Å². The van der Waals surface area contributed by atoms with E-state index in [2.05, 4.69) is 95.6 Å². The lowest BCUT2D eigenvalue weighted by Gasteiger charge is -2.21. The molecule has 0 aromatic heterocycles. The third-order valence-electron chi connectivity index (χ3n) is 4.40. The van der Waals surface area contributed by atoms with E-state index in [0.717, 1.165) is 16.7 Å². The monoisotopic (exact) mass is 774 g/mol. The number of hydrogen-bond donors (Lipinski definition) is 3. The van der Waals surface area contributed by atoms with Crippen molar-refractivity contribution in [3.63, 3.8) is 0 Å². The highest BCUT2D eigenvalue weighted by Gasteiger charge is 2.21. The van der Waals surface area contributed by atoms with Crippen LogP contribution in [-0.4, -0.2) is 15.3 Å². The van der Waals surface area contributed by atoms with Gasteiger partial charge in [-0.3, -0.25) is 0 Å². The van der Waals surface area contributed by atoms with Gasteiger partial charge in [0.15, 0.2) is 0 Å². The van der Waals surface area contributed by atoms with E-state index in [1.165, 1.54) is 0 Å². The second-order valence-electron chi connectivity index (χ2n) is 6.33. The first kappa shape index (κ1) is 23.6. The molecule has 0 saturated heterocycles. The molecule has 29 heavy (non-hydrogen) atoms. The Morgan fingerprint density at radius 2 is 0.793 bits per heavy atom. The Hall–Kier alpha value is -0.0600. The Balaban J connectivity index is 2.17. The molecule has 0 spiro atoms. The van der Waals surface area contributed by atoms with Gasteiger partial charge < -0.3 is 15.3 Å². The lowest BCUT2D eigenvalue weighted by atomic mass is 9.86. The topological polar surface area (TPSA) is 60.7 Å². The molecule has 0 radical (unpaired) electrons. The van der Waals surface area contributed by atoms with Crippen molar-refractivity contribution in [1.29, 1.82) is 0 Å². The Morgan fingerprint density at radius 3 is 1.10 bits per heavy atom. The fourth-order valence-corrected chi connectivity index (χ4v) is 6.70. The van der Waals surface area contributed by atoms with Gasteiger partial charge >= 0.3 is 0 Å². The Bertz CT molecular complexity index is 973. The summed E-state index contributed by atoms with van der Waals surface area (Å²) in [5.74, 6) is 0.321. The van der Waals surface area contributed by atoms with E-state index in [-0.39, 0.29) is 23.2 Å². The van der Waals surface area contributed by atoms with Gasteiger partial charge in [0.05, 0.1) is 26.8 Å². The Morgan fingerprint density at radius 1 is 0.517 bits per heavy atom. The number of phenolic OH excluding ortho intramolecular Hbond substituents is 3. The Kier molecular flexibility index (Phi) is 7.82. The second kappa shape index (κ2) is 9.61. The highest BCUT2D eigenvalue weighted by atomic mass is 79.9. The third-order valence-corrected chi connectivity index (χ3v) is 8.03. The van der Waals surface area contributed by atoms with Gasteiger partial charge in [-0.1, -0.05) is 0 Å². The molecule has 3 aromatic rings. The minimum absolute atomic E-state index is 0.0975. The van der Waals surface area contributed by atoms with Crippen LogP contribution in [0.15, 0.2) is 63.2 Å². The molecular formula is C20H12Br6O3. The molecule has 0 unspecified atom stereocenters. The molecule has 3 aromatic carbocycles. The molecule has 0 aliphatic heterocycles. The molecule has 0 saturated carbocycles. The number of rotatable bonds is 4. The average Bonchev–Trinajstić information content (AvgIpc) is 2.65. The standard InChI is InChI=1S/C20H12Br6O3/c21-12-2-8(3-13(22)18(12)27)1-11(9-4-14(23)19(28)15(24)5-9)10-6-16(25)20(29)17(26)7-10/h2-7,11,27-29H,1H2. The van der Waals surface area contributed by atoms with E-state index in [1.54, 1.807) is 0 Å². The van der Waals surface area contributed by atoms with Crippen molar-refractivity contribution in [2.75, 3.05) is 0 Å². The molecule has 0 bridgehead atoms. The summed E-state index contributed by atoms with van der Waals surface area (Å²) < 4.78 is 3.52. The quantitative estimate of drug-likeness (QED) is 0.249. The molecule has 3 rings (SSSR count). The summed E-state index contributed by atoms with van der Waals surface area (Å²) in [5.41, 5.74) is 2.92. The SMILES string of the molecule is Oc1c(Br)cc(CC(c2cc(Br)c(O)c(Br)c2)c2cc(Br)c(O)c(Br)c2)cc1Br. The number of benzene rings is 3. The smallest absolute Gasteiger partial charge is 0.143 e. The van der Waals surface area contributed by atoms with E-state index < -0.39 is 0 Å². The van der Waals surface area contributed by atoms with Crippen LogP contribution in [0.5, 0.6) is 17.2 Å². The van der Waals surface area contributed by atoms with Crippen molar-refractivity contribution < 1.29 is 15.3 Å². The van der Waals surface area contributed by atoms with Crippen molar-refractivity contribution in [1.82, 2.24) is 0 Å². The number of hydrogen-bond acceptors (Lipinski definition) is 3. The molecule has 3 N–H and O–H groups in total. The normalized spacial score (nSPS) is 11.3. The second-order valence-corrected chi connectivity index (χ2v) is 11.5. The van der Waals surface area contributed by atoms with Crippen LogP contribution in [0.1, 0.15) is 22.6 Å². The van der Waals surface area contributed by atoms with E-state index in [0.29, 0.717) is 33.3 Å². The molecule has 9 heteroatoms. The van der Waals surface area contributed by atoms with Crippen molar-refractivity contribution in [2.24, 2.45) is 0 Å². The maximum Gasteiger partial charge on any atom is 0.143 e. The fraction of sp³-hybridized carbons (Fsp3) is 0.100. The molecule has 0 amide bonds. The first-order valence-electron chi connectivity index (χ1n) is 8.11. The predicted molar refractivity (Wildman–Crippen MR) is 136 cm³/mol. The third kappa shape index (κ3) is 5.23. The summed E-state index contributed by atoms with van der Waals surface area (Å²) in [4.78, 5) is 0. The number of phenols is 3. The zero-order valence-electron chi connectivity index (χ0n) is 14.4. The summed E-state index contributed by atoms with van der Waals surface area (Å²) in [6.07, 6.45) is 0.616. The summed E-state index contributed by atoms with van der Waals surface area (Å²) >= 11 is 20.4. The molecule has 0 aliphatic rings. The van der Waals surface area contributed by atoms with Crippen LogP contribution in [0.25, 0.3) is 0 Å². The number of aromatic hydroxyl groups is 3. The highest BCUT2D eigenvalue weighted by Crippen LogP contribution is 2.43. The molecule has 0 atom stereocenters. The first-order valence-corrected chi connectivity index (χ1v) is 12.9. The van der Waals surface area contributed by atoms with E-state index >= 15 is 0 Å². The minimum atomic E-state index is -0.0975. The van der Waals surface area contributed by atoms with Gasteiger partial charge in [0, 0.05) is 5.92 Å². The van der Waals surface area contributed by atoms with Gasteiger partial charge in [-0.2, -0.15) is 0 Å². The van der Waals surface area contributed by atoms with Crippen LogP contribution in [0.4, 0.5) is 0 Å². The van der Waals surface area contributed by atoms with Gasteiger partial charge in [-0.25, -0.2) is 0 Å². The molecule has 0 fully saturated rings. The van der Waals surface area contributed by atoms with Crippen molar-refractivity contribution in [3.8, 4) is 17.2 Å². The Labute approximate surface area is 218 Å². The molecule has 152 valence electrons. The molecule has 0 aliphatic carbocycles. The lowest BCUT2D eigenvalue weighted by Crippen LogP contribution is -2.06. The van der Waals surface area contributed by atoms with Crippen molar-refractivity contribution in [3.05, 3.63) is 79.9 Å². The van der Waals surface area contributed by atoms with Crippen LogP contribution in [0.2, 0.25) is 0 Å². The predicted octanol–water partition coefficient (Wildman–Crippen LogP) is 8.75. The summed E-state index contributed by atoms with van der Waals surface area (Å²) in [5, 5.41) is 30.3. The summed E-state index contributed by atoms with van der Waals surface area (Å²) in [6, 6.07) is 11.3. The van der Waals surface area contributed by atoms with Crippen LogP contribution in [0, 0.1) is 0 Å². The average molecular weight is 780 g/mol. The minimum Gasteiger partial charge on any atom is -0.506 e.